The fourth-order valence-corrected chi connectivity index (χ4v) is 3.97. The average molecular weight is 407 g/mol. The van der Waals surface area contributed by atoms with E-state index in [0.29, 0.717) is 12.6 Å². The van der Waals surface area contributed by atoms with Crippen LogP contribution in [0.2, 0.25) is 0 Å². The molecule has 154 valence electrons. The molecule has 1 fully saturated rings. The number of rotatable bonds is 9. The van der Waals surface area contributed by atoms with Crippen molar-refractivity contribution in [3.8, 4) is 5.75 Å². The predicted molar refractivity (Wildman–Crippen MR) is 116 cm³/mol. The van der Waals surface area contributed by atoms with E-state index in [0.717, 1.165) is 51.2 Å². The van der Waals surface area contributed by atoms with E-state index in [4.69, 9.17) is 9.84 Å². The van der Waals surface area contributed by atoms with Gasteiger partial charge in [-0.05, 0) is 50.3 Å². The van der Waals surface area contributed by atoms with Crippen molar-refractivity contribution < 1.29 is 14.6 Å². The van der Waals surface area contributed by atoms with Gasteiger partial charge in [0.05, 0.1) is 13.2 Å². The molecule has 2 aromatic carbocycles. The molecule has 5 nitrogen and oxygen atoms in total. The number of ether oxygens (including phenoxy) is 1. The van der Waals surface area contributed by atoms with Gasteiger partial charge in [0.15, 0.2) is 0 Å². The lowest BCUT2D eigenvalue weighted by atomic mass is 10.0. The van der Waals surface area contributed by atoms with E-state index in [1.54, 1.807) is 0 Å². The van der Waals surface area contributed by atoms with Gasteiger partial charge in [-0.3, -0.25) is 9.69 Å². The van der Waals surface area contributed by atoms with Crippen LogP contribution in [0.5, 0.6) is 5.75 Å². The molecule has 0 saturated carbocycles. The van der Waals surface area contributed by atoms with Crippen LogP contribution in [0.1, 0.15) is 26.2 Å². The van der Waals surface area contributed by atoms with Gasteiger partial charge in [-0.1, -0.05) is 43.3 Å². The van der Waals surface area contributed by atoms with Gasteiger partial charge < -0.3 is 14.7 Å². The maximum absolute atomic E-state index is 11.0. The molecular formula is C22H31ClN2O3. The zero-order valence-corrected chi connectivity index (χ0v) is 17.4. The zero-order chi connectivity index (χ0) is 19.1. The highest BCUT2D eigenvalue weighted by Gasteiger charge is 2.24. The molecule has 1 aliphatic rings. The van der Waals surface area contributed by atoms with Gasteiger partial charge in [-0.25, -0.2) is 0 Å². The molecule has 28 heavy (non-hydrogen) atoms. The third-order valence-electron chi connectivity index (χ3n) is 5.44. The van der Waals surface area contributed by atoms with Gasteiger partial charge >= 0.3 is 5.97 Å². The van der Waals surface area contributed by atoms with Crippen molar-refractivity contribution in [3.05, 3.63) is 42.5 Å². The molecule has 0 radical (unpaired) electrons. The van der Waals surface area contributed by atoms with Crippen LogP contribution in [0.15, 0.2) is 42.5 Å². The van der Waals surface area contributed by atoms with Crippen molar-refractivity contribution in [3.63, 3.8) is 0 Å². The van der Waals surface area contributed by atoms with E-state index in [1.165, 1.54) is 10.8 Å². The maximum atomic E-state index is 11.0. The molecule has 0 amide bonds. The summed E-state index contributed by atoms with van der Waals surface area (Å²) >= 11 is 0. The van der Waals surface area contributed by atoms with E-state index >= 15 is 0 Å². The second-order valence-electron chi connectivity index (χ2n) is 7.21. The number of carbonyl (C=O) groups is 1. The van der Waals surface area contributed by atoms with Crippen molar-refractivity contribution in [1.29, 1.82) is 0 Å². The highest BCUT2D eigenvalue weighted by Crippen LogP contribution is 2.25. The van der Waals surface area contributed by atoms with Crippen molar-refractivity contribution >= 4 is 29.1 Å². The number of aliphatic carboxylic acids is 1. The van der Waals surface area contributed by atoms with E-state index in [-0.39, 0.29) is 19.0 Å². The Balaban J connectivity index is 0.00000280. The number of nitrogens with zero attached hydrogens (tertiary/aromatic N) is 2. The summed E-state index contributed by atoms with van der Waals surface area (Å²) in [6.07, 6.45) is 3.09. The SMILES string of the molecule is CCN(CC(=O)O)C1CCN(CCCOc2cccc3ccccc23)CC1.Cl. The van der Waals surface area contributed by atoms with Crippen LogP contribution in [-0.4, -0.2) is 66.2 Å². The number of halogens is 1. The lowest BCUT2D eigenvalue weighted by Gasteiger charge is -2.37. The Morgan fingerprint density at radius 3 is 2.61 bits per heavy atom. The molecule has 1 N–H and O–H groups in total. The number of hydrogen-bond donors (Lipinski definition) is 1. The van der Waals surface area contributed by atoms with Gasteiger partial charge in [0, 0.05) is 18.0 Å². The standard InChI is InChI=1S/C22H30N2O3.ClH/c1-2-24(17-22(25)26)19-11-14-23(15-12-19)13-6-16-27-21-10-5-8-18-7-3-4-9-20(18)21;/h3-5,7-10,19H,2,6,11-17H2,1H3,(H,25,26);1H. The minimum Gasteiger partial charge on any atom is -0.493 e. The molecule has 1 heterocycles. The van der Waals surface area contributed by atoms with E-state index in [9.17, 15) is 4.79 Å². The lowest BCUT2D eigenvalue weighted by molar-refractivity contribution is -0.139. The van der Waals surface area contributed by atoms with E-state index in [2.05, 4.69) is 28.0 Å². The zero-order valence-electron chi connectivity index (χ0n) is 16.5. The molecule has 0 atom stereocenters. The Bertz CT molecular complexity index is 742. The van der Waals surface area contributed by atoms with Gasteiger partial charge in [0.25, 0.3) is 0 Å². The summed E-state index contributed by atoms with van der Waals surface area (Å²) in [5.74, 6) is 0.226. The van der Waals surface area contributed by atoms with Crippen molar-refractivity contribution in [2.24, 2.45) is 0 Å². The van der Waals surface area contributed by atoms with Crippen LogP contribution < -0.4 is 4.74 Å². The van der Waals surface area contributed by atoms with Crippen molar-refractivity contribution in [2.75, 3.05) is 39.3 Å². The maximum Gasteiger partial charge on any atom is 0.317 e. The summed E-state index contributed by atoms with van der Waals surface area (Å²) in [5.41, 5.74) is 0. The smallest absolute Gasteiger partial charge is 0.317 e. The first-order valence-corrected chi connectivity index (χ1v) is 9.96. The Morgan fingerprint density at radius 1 is 1.18 bits per heavy atom. The number of likely N-dealkylation sites (tertiary alicyclic amines) is 1. The number of benzene rings is 2. The monoisotopic (exact) mass is 406 g/mol. The van der Waals surface area contributed by atoms with Gasteiger partial charge in [-0.15, -0.1) is 12.4 Å². The minimum atomic E-state index is -0.732. The van der Waals surface area contributed by atoms with Crippen LogP contribution >= 0.6 is 12.4 Å². The molecule has 1 saturated heterocycles. The molecule has 0 aliphatic carbocycles. The molecule has 1 aliphatic heterocycles. The lowest BCUT2D eigenvalue weighted by Crippen LogP contribution is -2.46. The van der Waals surface area contributed by atoms with Crippen LogP contribution in [0.4, 0.5) is 0 Å². The molecule has 0 unspecified atom stereocenters. The number of carboxylic acid groups (broad SMARTS) is 1. The van der Waals surface area contributed by atoms with Crippen LogP contribution in [0.3, 0.4) is 0 Å². The fourth-order valence-electron chi connectivity index (χ4n) is 3.97. The van der Waals surface area contributed by atoms with Gasteiger partial charge in [0.2, 0.25) is 0 Å². The summed E-state index contributed by atoms with van der Waals surface area (Å²) < 4.78 is 6.03. The van der Waals surface area contributed by atoms with E-state index in [1.807, 2.05) is 31.2 Å². The number of hydrogen-bond acceptors (Lipinski definition) is 4. The van der Waals surface area contributed by atoms with Crippen LogP contribution in [0.25, 0.3) is 10.8 Å². The summed E-state index contributed by atoms with van der Waals surface area (Å²) in [7, 11) is 0. The second-order valence-corrected chi connectivity index (χ2v) is 7.21. The minimum absolute atomic E-state index is 0. The molecule has 6 heteroatoms. The predicted octanol–water partition coefficient (Wildman–Crippen LogP) is 3.90. The number of likely N-dealkylation sites (N-methyl/N-ethyl adjacent to an activating group) is 1. The van der Waals surface area contributed by atoms with Gasteiger partial charge in [-0.2, -0.15) is 0 Å². The second kappa shape index (κ2) is 11.2. The van der Waals surface area contributed by atoms with Crippen molar-refractivity contribution in [1.82, 2.24) is 9.80 Å². The van der Waals surface area contributed by atoms with Crippen LogP contribution in [0, 0.1) is 0 Å². The molecular weight excluding hydrogens is 376 g/mol. The molecule has 2 aromatic rings. The summed E-state index contributed by atoms with van der Waals surface area (Å²) in [5, 5.41) is 11.4. The number of piperidine rings is 1. The highest BCUT2D eigenvalue weighted by molar-refractivity contribution is 5.88. The Morgan fingerprint density at radius 2 is 1.89 bits per heavy atom. The van der Waals surface area contributed by atoms with Gasteiger partial charge in [0.1, 0.15) is 5.75 Å². The Kier molecular flexibility index (Phi) is 9.03. The summed E-state index contributed by atoms with van der Waals surface area (Å²) in [4.78, 5) is 15.5. The average Bonchev–Trinajstić information content (AvgIpc) is 2.70. The first kappa shape index (κ1) is 22.5. The number of fused-ring (bicyclic) bond motifs is 1. The summed E-state index contributed by atoms with van der Waals surface area (Å²) in [6.45, 7) is 6.82. The van der Waals surface area contributed by atoms with Crippen LogP contribution in [-0.2, 0) is 4.79 Å². The third kappa shape index (κ3) is 6.09. The topological polar surface area (TPSA) is 53.0 Å². The Labute approximate surface area is 173 Å². The molecule has 0 aromatic heterocycles. The van der Waals surface area contributed by atoms with E-state index < -0.39 is 5.97 Å². The molecule has 3 rings (SSSR count). The normalized spacial score (nSPS) is 15.5. The first-order valence-electron chi connectivity index (χ1n) is 9.96. The largest absolute Gasteiger partial charge is 0.493 e. The molecule has 0 spiro atoms. The molecule has 0 bridgehead atoms. The van der Waals surface area contributed by atoms with Crippen molar-refractivity contribution in [2.45, 2.75) is 32.2 Å². The fraction of sp³-hybridized carbons (Fsp3) is 0.500. The first-order chi connectivity index (χ1) is 13.2. The third-order valence-corrected chi connectivity index (χ3v) is 5.44. The number of carboxylic acids is 1. The summed E-state index contributed by atoms with van der Waals surface area (Å²) in [6, 6.07) is 14.9. The Hall–Kier alpha value is -1.82. The quantitative estimate of drug-likeness (QED) is 0.640. The highest BCUT2D eigenvalue weighted by atomic mass is 35.5.